The highest BCUT2D eigenvalue weighted by Crippen LogP contribution is 2.29. The number of hydrogen-bond donors (Lipinski definition) is 1. The number of rotatable bonds is 6. The molecule has 0 radical (unpaired) electrons. The van der Waals surface area contributed by atoms with Crippen LogP contribution >= 0.6 is 0 Å². The maximum Gasteiger partial charge on any atom is 0.327 e. The quantitative estimate of drug-likeness (QED) is 0.540. The predicted octanol–water partition coefficient (Wildman–Crippen LogP) is 1.65. The van der Waals surface area contributed by atoms with E-state index in [-0.39, 0.29) is 16.3 Å². The highest BCUT2D eigenvalue weighted by molar-refractivity contribution is 7.90. The van der Waals surface area contributed by atoms with Crippen LogP contribution in [0.1, 0.15) is 16.1 Å². The second kappa shape index (κ2) is 8.47. The second-order valence-corrected chi connectivity index (χ2v) is 8.91. The molecule has 0 fully saturated rings. The number of hydrogen-bond acceptors (Lipinski definition) is 7. The number of ether oxygens (including phenoxy) is 1. The lowest BCUT2D eigenvalue weighted by Gasteiger charge is -2.14. The third-order valence-corrected chi connectivity index (χ3v) is 6.51. The Morgan fingerprint density at radius 3 is 2.52 bits per heavy atom. The summed E-state index contributed by atoms with van der Waals surface area (Å²) < 4.78 is 44.8. The summed E-state index contributed by atoms with van der Waals surface area (Å²) in [5.41, 5.74) is 1.03. The first-order valence-electron chi connectivity index (χ1n) is 9.61. The standard InChI is InChI=1S/C21H17FN4O6S/c1-13-10-18(26(24-13)15-8-6-14(22)7-9-15)23-19(27)12-32-20(28)11-25-21(29)16-4-2-3-5-17(16)33(25,30)31/h2-10H,11-12H2,1H3,(H,23,27). The summed E-state index contributed by atoms with van der Waals surface area (Å²) in [6.07, 6.45) is 0. The molecule has 0 bridgehead atoms. The zero-order valence-corrected chi connectivity index (χ0v) is 18.0. The molecule has 0 atom stereocenters. The van der Waals surface area contributed by atoms with Crippen molar-refractivity contribution in [2.45, 2.75) is 11.8 Å². The maximum absolute atomic E-state index is 13.2. The minimum Gasteiger partial charge on any atom is -0.454 e. The highest BCUT2D eigenvalue weighted by atomic mass is 32.2. The fraction of sp³-hybridized carbons (Fsp3) is 0.143. The molecular formula is C21H17FN4O6S. The molecule has 170 valence electrons. The van der Waals surface area contributed by atoms with Crippen molar-refractivity contribution in [3.8, 4) is 5.69 Å². The zero-order chi connectivity index (χ0) is 23.8. The van der Waals surface area contributed by atoms with E-state index in [1.54, 1.807) is 13.0 Å². The number of benzene rings is 2. The van der Waals surface area contributed by atoms with E-state index in [2.05, 4.69) is 10.4 Å². The molecule has 0 unspecified atom stereocenters. The van der Waals surface area contributed by atoms with Crippen molar-refractivity contribution in [2.75, 3.05) is 18.5 Å². The topological polar surface area (TPSA) is 128 Å². The van der Waals surface area contributed by atoms with Gasteiger partial charge in [0.05, 0.1) is 16.9 Å². The van der Waals surface area contributed by atoms with Crippen LogP contribution in [-0.4, -0.2) is 53.4 Å². The van der Waals surface area contributed by atoms with Crippen molar-refractivity contribution in [3.05, 3.63) is 71.7 Å². The largest absolute Gasteiger partial charge is 0.454 e. The fourth-order valence-electron chi connectivity index (χ4n) is 3.24. The Morgan fingerprint density at radius 2 is 1.82 bits per heavy atom. The molecule has 2 heterocycles. The van der Waals surface area contributed by atoms with Gasteiger partial charge in [-0.2, -0.15) is 5.10 Å². The Hall–Kier alpha value is -4.06. The monoisotopic (exact) mass is 472 g/mol. The number of aromatic nitrogens is 2. The lowest BCUT2D eigenvalue weighted by molar-refractivity contribution is -0.147. The molecule has 1 aliphatic heterocycles. The molecule has 0 spiro atoms. The molecular weight excluding hydrogens is 455 g/mol. The van der Waals surface area contributed by atoms with E-state index in [4.69, 9.17) is 4.74 Å². The summed E-state index contributed by atoms with van der Waals surface area (Å²) >= 11 is 0. The van der Waals surface area contributed by atoms with Crippen molar-refractivity contribution in [1.82, 2.24) is 14.1 Å². The summed E-state index contributed by atoms with van der Waals surface area (Å²) in [6.45, 7) is 0.110. The smallest absolute Gasteiger partial charge is 0.327 e. The average molecular weight is 472 g/mol. The molecule has 33 heavy (non-hydrogen) atoms. The van der Waals surface area contributed by atoms with Gasteiger partial charge in [-0.3, -0.25) is 14.4 Å². The third kappa shape index (κ3) is 4.32. The normalized spacial score (nSPS) is 14.1. The van der Waals surface area contributed by atoms with Gasteiger partial charge in [-0.05, 0) is 43.3 Å². The number of carbonyl (C=O) groups is 3. The van der Waals surface area contributed by atoms with E-state index >= 15 is 0 Å². The molecule has 0 saturated carbocycles. The summed E-state index contributed by atoms with van der Waals surface area (Å²) in [5.74, 6) is -2.80. The van der Waals surface area contributed by atoms with Gasteiger partial charge in [0.2, 0.25) is 0 Å². The zero-order valence-electron chi connectivity index (χ0n) is 17.2. The molecule has 3 aromatic rings. The van der Waals surface area contributed by atoms with E-state index in [9.17, 15) is 27.2 Å². The first kappa shape index (κ1) is 22.1. The van der Waals surface area contributed by atoms with E-state index in [0.717, 1.165) is 0 Å². The molecule has 2 amide bonds. The predicted molar refractivity (Wildman–Crippen MR) is 113 cm³/mol. The minimum absolute atomic E-state index is 0.0348. The van der Waals surface area contributed by atoms with Gasteiger partial charge in [0, 0.05) is 6.07 Å². The lowest BCUT2D eigenvalue weighted by Crippen LogP contribution is -2.36. The first-order chi connectivity index (χ1) is 15.7. The molecule has 10 nitrogen and oxygen atoms in total. The van der Waals surface area contributed by atoms with E-state index in [1.807, 2.05) is 0 Å². The number of halogens is 1. The SMILES string of the molecule is Cc1cc(NC(=O)COC(=O)CN2C(=O)c3ccccc3S2(=O)=O)n(-c2ccc(F)cc2)n1. The van der Waals surface area contributed by atoms with Crippen LogP contribution in [-0.2, 0) is 24.3 Å². The van der Waals surface area contributed by atoms with Crippen LogP contribution in [0.3, 0.4) is 0 Å². The first-order valence-corrected chi connectivity index (χ1v) is 11.0. The highest BCUT2D eigenvalue weighted by Gasteiger charge is 2.42. The molecule has 2 aromatic carbocycles. The van der Waals surface area contributed by atoms with Gasteiger partial charge in [-0.1, -0.05) is 12.1 Å². The van der Waals surface area contributed by atoms with Gasteiger partial charge in [0.1, 0.15) is 23.1 Å². The molecule has 1 N–H and O–H groups in total. The van der Waals surface area contributed by atoms with E-state index in [0.29, 0.717) is 15.7 Å². The Bertz CT molecular complexity index is 1370. The summed E-state index contributed by atoms with van der Waals surface area (Å²) in [4.78, 5) is 36.6. The summed E-state index contributed by atoms with van der Waals surface area (Å²) in [7, 11) is -4.17. The average Bonchev–Trinajstić information content (AvgIpc) is 3.23. The molecule has 1 aliphatic rings. The molecule has 0 aliphatic carbocycles. The van der Waals surface area contributed by atoms with Crippen LogP contribution in [0.15, 0.2) is 59.5 Å². The molecule has 12 heteroatoms. The van der Waals surface area contributed by atoms with E-state index in [1.165, 1.54) is 53.2 Å². The van der Waals surface area contributed by atoms with Gasteiger partial charge in [0.25, 0.3) is 21.8 Å². The molecule has 4 rings (SSSR count). The number of nitrogens with one attached hydrogen (secondary N) is 1. The summed E-state index contributed by atoms with van der Waals surface area (Å²) in [5, 5.41) is 6.76. The van der Waals surface area contributed by atoms with Crippen LogP contribution in [0.5, 0.6) is 0 Å². The fourth-order valence-corrected chi connectivity index (χ4v) is 4.76. The van der Waals surface area contributed by atoms with Gasteiger partial charge in [-0.25, -0.2) is 21.8 Å². The van der Waals surface area contributed by atoms with Crippen molar-refractivity contribution < 1.29 is 31.9 Å². The number of nitrogens with zero attached hydrogens (tertiary/aromatic N) is 3. The van der Waals surface area contributed by atoms with Crippen molar-refractivity contribution >= 4 is 33.6 Å². The van der Waals surface area contributed by atoms with Gasteiger partial charge in [-0.15, -0.1) is 0 Å². The lowest BCUT2D eigenvalue weighted by atomic mass is 10.2. The Kier molecular flexibility index (Phi) is 5.68. The molecule has 1 aromatic heterocycles. The van der Waals surface area contributed by atoms with Crippen LogP contribution in [0.2, 0.25) is 0 Å². The minimum atomic E-state index is -4.17. The number of carbonyl (C=O) groups excluding carboxylic acids is 3. The number of sulfonamides is 1. The summed E-state index contributed by atoms with van der Waals surface area (Å²) in [6, 6.07) is 12.6. The second-order valence-electron chi connectivity index (χ2n) is 7.08. The van der Waals surface area contributed by atoms with Crippen LogP contribution in [0.4, 0.5) is 10.2 Å². The van der Waals surface area contributed by atoms with Gasteiger partial charge >= 0.3 is 5.97 Å². The Labute approximate surface area is 187 Å². The maximum atomic E-state index is 13.2. The van der Waals surface area contributed by atoms with Gasteiger partial charge < -0.3 is 10.1 Å². The van der Waals surface area contributed by atoms with Crippen molar-refractivity contribution in [3.63, 3.8) is 0 Å². The number of aryl methyl sites for hydroxylation is 1. The van der Waals surface area contributed by atoms with Crippen molar-refractivity contribution in [1.29, 1.82) is 0 Å². The van der Waals surface area contributed by atoms with Gasteiger partial charge in [0.15, 0.2) is 6.61 Å². The number of fused-ring (bicyclic) bond motifs is 1. The van der Waals surface area contributed by atoms with Crippen LogP contribution in [0, 0.1) is 12.7 Å². The van der Waals surface area contributed by atoms with Crippen LogP contribution in [0.25, 0.3) is 5.69 Å². The number of anilines is 1. The third-order valence-electron chi connectivity index (χ3n) is 4.72. The van der Waals surface area contributed by atoms with E-state index < -0.39 is 46.8 Å². The Balaban J connectivity index is 1.38. The Morgan fingerprint density at radius 1 is 1.12 bits per heavy atom. The van der Waals surface area contributed by atoms with Crippen LogP contribution < -0.4 is 5.32 Å². The molecule has 0 saturated heterocycles. The number of esters is 1. The van der Waals surface area contributed by atoms with Crippen molar-refractivity contribution in [2.24, 2.45) is 0 Å². The number of amides is 2.